The van der Waals surface area contributed by atoms with Gasteiger partial charge in [-0.3, -0.25) is 4.57 Å². The fourth-order valence-electron chi connectivity index (χ4n) is 6.46. The molecule has 1 amide bonds. The predicted octanol–water partition coefficient (Wildman–Crippen LogP) is 6.17. The molecule has 1 atom stereocenters. The Morgan fingerprint density at radius 2 is 1.94 bits per heavy atom. The number of ether oxygens (including phenoxy) is 3. The molecule has 15 heteroatoms. The number of hydrogen-bond donors (Lipinski definition) is 0. The van der Waals surface area contributed by atoms with Crippen LogP contribution in [0.25, 0.3) is 11.1 Å². The standard InChI is InChI=1S/C33H39FN4O8S2/c1-32(2,3)46-31(40)36-16-7-6-8-26(36)33(13-14-33)20-37-23-11-12-25(27(34)28(23)45-30(37)39)48(41,42)38(29-35-15-17-47-29)19-21-9-10-22(43-4)18-24(21)44-5/h9-12,15,17-18,26H,6-8,13-14,16,19-20H2,1-5H3. The smallest absolute Gasteiger partial charge is 0.420 e. The Morgan fingerprint density at radius 3 is 2.58 bits per heavy atom. The molecule has 0 radical (unpaired) electrons. The van der Waals surface area contributed by atoms with Crippen molar-refractivity contribution in [2.45, 2.75) is 82.5 Å². The average Bonchev–Trinajstić information content (AvgIpc) is 3.49. The van der Waals surface area contributed by atoms with Crippen molar-refractivity contribution in [2.24, 2.45) is 5.41 Å². The van der Waals surface area contributed by atoms with Crippen LogP contribution in [0.3, 0.4) is 0 Å². The molecule has 3 heterocycles. The van der Waals surface area contributed by atoms with Crippen LogP contribution in [0.4, 0.5) is 14.3 Å². The molecule has 0 spiro atoms. The van der Waals surface area contributed by atoms with Crippen LogP contribution in [-0.4, -0.2) is 61.4 Å². The molecule has 2 aliphatic rings. The number of rotatable bonds is 10. The van der Waals surface area contributed by atoms with Gasteiger partial charge in [-0.15, -0.1) is 11.3 Å². The summed E-state index contributed by atoms with van der Waals surface area (Å²) in [5.74, 6) is -1.08. The first-order valence-electron chi connectivity index (χ1n) is 15.7. The minimum absolute atomic E-state index is 0.115. The number of carbonyl (C=O) groups excluding carboxylic acids is 1. The van der Waals surface area contributed by atoms with Gasteiger partial charge in [0.2, 0.25) is 0 Å². The molecule has 1 saturated carbocycles. The third-order valence-electron chi connectivity index (χ3n) is 8.95. The summed E-state index contributed by atoms with van der Waals surface area (Å²) in [6, 6.07) is 7.34. The molecule has 6 rings (SSSR count). The van der Waals surface area contributed by atoms with E-state index in [1.165, 1.54) is 31.0 Å². The van der Waals surface area contributed by atoms with Gasteiger partial charge >= 0.3 is 11.8 Å². The summed E-state index contributed by atoms with van der Waals surface area (Å²) in [7, 11) is -1.61. The van der Waals surface area contributed by atoms with Gasteiger partial charge in [-0.05, 0) is 77.1 Å². The number of likely N-dealkylation sites (tertiary alicyclic amines) is 1. The van der Waals surface area contributed by atoms with E-state index in [0.29, 0.717) is 23.6 Å². The van der Waals surface area contributed by atoms with E-state index in [-0.39, 0.29) is 35.9 Å². The molecule has 2 aromatic heterocycles. The molecular weight excluding hydrogens is 664 g/mol. The van der Waals surface area contributed by atoms with E-state index in [1.54, 1.807) is 28.5 Å². The molecule has 258 valence electrons. The van der Waals surface area contributed by atoms with Crippen LogP contribution in [0.1, 0.15) is 58.4 Å². The summed E-state index contributed by atoms with van der Waals surface area (Å²) in [6.45, 7) is 5.99. The van der Waals surface area contributed by atoms with Crippen molar-refractivity contribution in [3.8, 4) is 11.5 Å². The molecule has 1 aliphatic heterocycles. The predicted molar refractivity (Wildman–Crippen MR) is 178 cm³/mol. The zero-order chi connectivity index (χ0) is 34.4. The second-order valence-electron chi connectivity index (χ2n) is 13.2. The van der Waals surface area contributed by atoms with Gasteiger partial charge in [0.15, 0.2) is 16.5 Å². The number of fused-ring (bicyclic) bond motifs is 1. The molecule has 48 heavy (non-hydrogen) atoms. The van der Waals surface area contributed by atoms with E-state index in [4.69, 9.17) is 18.6 Å². The van der Waals surface area contributed by atoms with Crippen molar-refractivity contribution >= 4 is 43.7 Å². The fraction of sp³-hybridized carbons (Fsp3) is 0.485. The SMILES string of the molecule is COc1ccc(CN(c2nccs2)S(=O)(=O)c2ccc3c(oc(=O)n3CC3(C4CCCCN4C(=O)OC(C)(C)C)CC3)c2F)c(OC)c1. The van der Waals surface area contributed by atoms with Gasteiger partial charge in [-0.25, -0.2) is 31.7 Å². The topological polar surface area (TPSA) is 133 Å². The van der Waals surface area contributed by atoms with Gasteiger partial charge in [0.1, 0.15) is 22.0 Å². The van der Waals surface area contributed by atoms with Crippen LogP contribution in [0.2, 0.25) is 0 Å². The van der Waals surface area contributed by atoms with Crippen molar-refractivity contribution in [3.63, 3.8) is 0 Å². The zero-order valence-electron chi connectivity index (χ0n) is 27.5. The first kappa shape index (κ1) is 33.8. The molecule has 4 aromatic rings. The highest BCUT2D eigenvalue weighted by Gasteiger charge is 2.54. The molecule has 2 aromatic carbocycles. The van der Waals surface area contributed by atoms with Crippen molar-refractivity contribution in [1.29, 1.82) is 0 Å². The quantitative estimate of drug-likeness (QED) is 0.190. The molecule has 1 unspecified atom stereocenters. The van der Waals surface area contributed by atoms with Crippen LogP contribution >= 0.6 is 11.3 Å². The summed E-state index contributed by atoms with van der Waals surface area (Å²) in [5, 5.41) is 1.73. The zero-order valence-corrected chi connectivity index (χ0v) is 29.2. The minimum Gasteiger partial charge on any atom is -0.497 e. The number of halogens is 1. The number of carbonyl (C=O) groups is 1. The Bertz CT molecular complexity index is 1980. The summed E-state index contributed by atoms with van der Waals surface area (Å²) < 4.78 is 68.8. The Morgan fingerprint density at radius 1 is 1.17 bits per heavy atom. The Kier molecular flexibility index (Phi) is 8.96. The Hall–Kier alpha value is -4.11. The number of aromatic nitrogens is 2. The molecule has 2 fully saturated rings. The van der Waals surface area contributed by atoms with Gasteiger partial charge in [-0.2, -0.15) is 0 Å². The molecular formula is C33H39FN4O8S2. The van der Waals surface area contributed by atoms with Gasteiger partial charge in [0.05, 0.1) is 26.3 Å². The highest BCUT2D eigenvalue weighted by molar-refractivity contribution is 7.93. The second-order valence-corrected chi connectivity index (χ2v) is 15.9. The van der Waals surface area contributed by atoms with Crippen molar-refractivity contribution < 1.29 is 36.2 Å². The number of hydrogen-bond acceptors (Lipinski definition) is 10. The highest BCUT2D eigenvalue weighted by Crippen LogP contribution is 2.54. The van der Waals surface area contributed by atoms with Crippen LogP contribution in [0, 0.1) is 11.2 Å². The van der Waals surface area contributed by atoms with Gasteiger partial charge in [0.25, 0.3) is 10.0 Å². The summed E-state index contributed by atoms with van der Waals surface area (Å²) in [5.41, 5.74) is -0.892. The number of amides is 1. The van der Waals surface area contributed by atoms with E-state index in [1.807, 2.05) is 20.8 Å². The molecule has 12 nitrogen and oxygen atoms in total. The lowest BCUT2D eigenvalue weighted by Crippen LogP contribution is -2.51. The minimum atomic E-state index is -4.57. The average molecular weight is 703 g/mol. The maximum absolute atomic E-state index is 16.3. The Labute approximate surface area is 282 Å². The van der Waals surface area contributed by atoms with Crippen LogP contribution in [0.15, 0.2) is 56.0 Å². The van der Waals surface area contributed by atoms with Crippen molar-refractivity contribution in [2.75, 3.05) is 25.1 Å². The van der Waals surface area contributed by atoms with Crippen LogP contribution < -0.4 is 19.5 Å². The Balaban J connectivity index is 1.34. The van der Waals surface area contributed by atoms with Crippen molar-refractivity contribution in [1.82, 2.24) is 14.5 Å². The lowest BCUT2D eigenvalue weighted by Gasteiger charge is -2.41. The van der Waals surface area contributed by atoms with Crippen LogP contribution in [0.5, 0.6) is 11.5 Å². The molecule has 0 N–H and O–H groups in total. The first-order chi connectivity index (χ1) is 22.8. The fourth-order valence-corrected chi connectivity index (χ4v) is 8.79. The number of sulfonamides is 1. The van der Waals surface area contributed by atoms with Crippen LogP contribution in [-0.2, 0) is 27.8 Å². The van der Waals surface area contributed by atoms with Gasteiger partial charge in [0, 0.05) is 47.8 Å². The number of thiazole rings is 1. The molecule has 1 aliphatic carbocycles. The summed E-state index contributed by atoms with van der Waals surface area (Å²) in [6.07, 6.45) is 5.14. The summed E-state index contributed by atoms with van der Waals surface area (Å²) in [4.78, 5) is 31.7. The number of oxazole rings is 1. The van der Waals surface area contributed by atoms with E-state index in [9.17, 15) is 18.0 Å². The highest BCUT2D eigenvalue weighted by atomic mass is 32.2. The maximum Gasteiger partial charge on any atom is 0.420 e. The third kappa shape index (κ3) is 6.37. The normalized spacial score (nSPS) is 17.7. The largest absolute Gasteiger partial charge is 0.497 e. The third-order valence-corrected chi connectivity index (χ3v) is 11.6. The number of nitrogens with zero attached hydrogens (tertiary/aromatic N) is 4. The molecule has 0 bridgehead atoms. The molecule has 1 saturated heterocycles. The number of anilines is 1. The lowest BCUT2D eigenvalue weighted by atomic mass is 9.87. The van der Waals surface area contributed by atoms with E-state index in [0.717, 1.165) is 53.8 Å². The number of methoxy groups -OCH3 is 2. The van der Waals surface area contributed by atoms with Crippen molar-refractivity contribution in [3.05, 3.63) is 63.8 Å². The van der Waals surface area contributed by atoms with E-state index in [2.05, 4.69) is 4.98 Å². The lowest BCUT2D eigenvalue weighted by molar-refractivity contribution is -0.00318. The second kappa shape index (κ2) is 12.7. The summed E-state index contributed by atoms with van der Waals surface area (Å²) >= 11 is 1.07. The monoisotopic (exact) mass is 702 g/mol. The van der Waals surface area contributed by atoms with E-state index < -0.39 is 43.1 Å². The first-order valence-corrected chi connectivity index (χ1v) is 18.0. The maximum atomic E-state index is 16.3. The van der Waals surface area contributed by atoms with Gasteiger partial charge < -0.3 is 23.5 Å². The van der Waals surface area contributed by atoms with E-state index >= 15 is 4.39 Å². The van der Waals surface area contributed by atoms with Gasteiger partial charge in [-0.1, -0.05) is 0 Å². The number of piperidine rings is 1. The number of benzene rings is 2.